The molecule has 7 heteroatoms. The third-order valence-corrected chi connectivity index (χ3v) is 5.37. The maximum absolute atomic E-state index is 13.3. The number of piperidine rings is 1. The van der Waals surface area contributed by atoms with Crippen molar-refractivity contribution >= 4 is 18.3 Å². The number of carbonyl (C=O) groups excluding carboxylic acids is 1. The number of amides is 1. The maximum Gasteiger partial charge on any atom is 0.257 e. The molecule has 1 fully saturated rings. The Morgan fingerprint density at radius 2 is 1.77 bits per heavy atom. The first-order chi connectivity index (χ1) is 14.1. The molecule has 1 amide bonds. The van der Waals surface area contributed by atoms with Gasteiger partial charge in [-0.2, -0.15) is 5.10 Å². The van der Waals surface area contributed by atoms with E-state index in [0.717, 1.165) is 29.7 Å². The molecule has 30 heavy (non-hydrogen) atoms. The smallest absolute Gasteiger partial charge is 0.257 e. The van der Waals surface area contributed by atoms with E-state index in [-0.39, 0.29) is 24.4 Å². The lowest BCUT2D eigenvalue weighted by atomic mass is 10.0. The van der Waals surface area contributed by atoms with Gasteiger partial charge in [0, 0.05) is 30.9 Å². The van der Waals surface area contributed by atoms with Crippen LogP contribution in [0, 0.1) is 0 Å². The minimum Gasteiger partial charge on any atom is -0.497 e. The van der Waals surface area contributed by atoms with E-state index in [1.807, 2.05) is 58.2 Å². The van der Waals surface area contributed by atoms with Gasteiger partial charge in [-0.15, -0.1) is 12.4 Å². The van der Waals surface area contributed by atoms with Crippen LogP contribution in [0.4, 0.5) is 0 Å². The van der Waals surface area contributed by atoms with Crippen molar-refractivity contribution < 1.29 is 9.53 Å². The Kier molecular flexibility index (Phi) is 7.13. The molecule has 1 aliphatic rings. The van der Waals surface area contributed by atoms with E-state index in [2.05, 4.69) is 12.1 Å². The Bertz CT molecular complexity index is 965. The van der Waals surface area contributed by atoms with Crippen LogP contribution in [0.1, 0.15) is 28.8 Å². The van der Waals surface area contributed by atoms with Crippen LogP contribution in [0.5, 0.6) is 5.75 Å². The second-order valence-corrected chi connectivity index (χ2v) is 7.43. The van der Waals surface area contributed by atoms with Crippen LogP contribution >= 0.6 is 12.4 Å². The Balaban J connectivity index is 0.00000256. The number of hydrogen-bond donors (Lipinski definition) is 1. The van der Waals surface area contributed by atoms with E-state index in [9.17, 15) is 4.79 Å². The highest BCUT2D eigenvalue weighted by Gasteiger charge is 2.26. The van der Waals surface area contributed by atoms with Gasteiger partial charge in [0.2, 0.25) is 0 Å². The molecule has 0 spiro atoms. The number of methoxy groups -OCH3 is 1. The minimum atomic E-state index is 0. The van der Waals surface area contributed by atoms with Crippen molar-refractivity contribution in [2.45, 2.75) is 25.4 Å². The summed E-state index contributed by atoms with van der Waals surface area (Å²) in [6.45, 7) is 1.99. The summed E-state index contributed by atoms with van der Waals surface area (Å²) >= 11 is 0. The second-order valence-electron chi connectivity index (χ2n) is 7.43. The summed E-state index contributed by atoms with van der Waals surface area (Å²) in [5.74, 6) is 0.789. The molecule has 4 rings (SSSR count). The first kappa shape index (κ1) is 21.9. The molecule has 0 saturated carbocycles. The molecule has 6 nitrogen and oxygen atoms in total. The van der Waals surface area contributed by atoms with Crippen LogP contribution in [0.3, 0.4) is 0 Å². The lowest BCUT2D eigenvalue weighted by Gasteiger charge is -2.30. The van der Waals surface area contributed by atoms with Crippen molar-refractivity contribution in [1.82, 2.24) is 14.7 Å². The number of carbonyl (C=O) groups is 1. The highest BCUT2D eigenvalue weighted by atomic mass is 35.5. The molecule has 158 valence electrons. The molecular weight excluding hydrogens is 400 g/mol. The number of rotatable bonds is 5. The first-order valence-electron chi connectivity index (χ1n) is 9.94. The number of aromatic nitrogens is 2. The van der Waals surface area contributed by atoms with E-state index < -0.39 is 0 Å². The number of benzene rings is 2. The molecule has 2 heterocycles. The van der Waals surface area contributed by atoms with E-state index in [1.54, 1.807) is 7.11 Å². The normalized spacial score (nSPS) is 14.3. The maximum atomic E-state index is 13.3. The topological polar surface area (TPSA) is 73.4 Å². The summed E-state index contributed by atoms with van der Waals surface area (Å²) in [5.41, 5.74) is 9.37. The highest BCUT2D eigenvalue weighted by molar-refractivity contribution is 5.99. The van der Waals surface area contributed by atoms with Crippen LogP contribution in [-0.2, 0) is 6.54 Å². The Labute approximate surface area is 183 Å². The van der Waals surface area contributed by atoms with Crippen molar-refractivity contribution in [3.8, 4) is 17.0 Å². The molecule has 2 aromatic carbocycles. The molecule has 0 radical (unpaired) electrons. The van der Waals surface area contributed by atoms with Gasteiger partial charge >= 0.3 is 0 Å². The van der Waals surface area contributed by atoms with Crippen molar-refractivity contribution in [2.75, 3.05) is 20.2 Å². The zero-order valence-electron chi connectivity index (χ0n) is 17.0. The Morgan fingerprint density at radius 3 is 2.40 bits per heavy atom. The Hall–Kier alpha value is -2.83. The predicted octanol–water partition coefficient (Wildman–Crippen LogP) is 3.59. The van der Waals surface area contributed by atoms with Crippen LogP contribution in [0.2, 0.25) is 0 Å². The molecular formula is C23H27ClN4O2. The average molecular weight is 427 g/mol. The predicted molar refractivity (Wildman–Crippen MR) is 120 cm³/mol. The average Bonchev–Trinajstić information content (AvgIpc) is 3.18. The number of ether oxygens (including phenoxy) is 1. The molecule has 0 aliphatic carbocycles. The van der Waals surface area contributed by atoms with Crippen LogP contribution in [-0.4, -0.2) is 46.8 Å². The van der Waals surface area contributed by atoms with E-state index in [0.29, 0.717) is 30.9 Å². The molecule has 0 unspecified atom stereocenters. The highest BCUT2D eigenvalue weighted by Crippen LogP contribution is 2.27. The molecule has 1 aromatic heterocycles. The monoisotopic (exact) mass is 426 g/mol. The molecule has 3 aromatic rings. The van der Waals surface area contributed by atoms with Gasteiger partial charge in [0.15, 0.2) is 0 Å². The Morgan fingerprint density at radius 1 is 1.10 bits per heavy atom. The standard InChI is InChI=1S/C23H26N4O2.ClH/c1-29-20-9-7-18(8-10-20)22-21(23(28)26-13-11-19(24)12-14-26)16-27(25-22)15-17-5-3-2-4-6-17;/h2-10,16,19H,11-15,24H2,1H3;1H. The van der Waals surface area contributed by atoms with Crippen LogP contribution < -0.4 is 10.5 Å². The zero-order chi connectivity index (χ0) is 20.2. The number of nitrogens with two attached hydrogens (primary N) is 1. The molecule has 1 saturated heterocycles. The lowest BCUT2D eigenvalue weighted by Crippen LogP contribution is -2.42. The number of halogens is 1. The minimum absolute atomic E-state index is 0. The third kappa shape index (κ3) is 4.83. The quantitative estimate of drug-likeness (QED) is 0.676. The summed E-state index contributed by atoms with van der Waals surface area (Å²) in [7, 11) is 1.64. The third-order valence-electron chi connectivity index (χ3n) is 5.37. The van der Waals surface area contributed by atoms with Crippen molar-refractivity contribution in [2.24, 2.45) is 5.73 Å². The fraction of sp³-hybridized carbons (Fsp3) is 0.304. The van der Waals surface area contributed by atoms with Gasteiger partial charge in [0.05, 0.1) is 19.2 Å². The van der Waals surface area contributed by atoms with Crippen LogP contribution in [0.15, 0.2) is 60.8 Å². The summed E-state index contributed by atoms with van der Waals surface area (Å²) in [6, 6.07) is 18.0. The van der Waals surface area contributed by atoms with E-state index in [4.69, 9.17) is 15.6 Å². The molecule has 0 atom stereocenters. The van der Waals surface area contributed by atoms with Crippen molar-refractivity contribution in [3.63, 3.8) is 0 Å². The molecule has 0 bridgehead atoms. The second kappa shape index (κ2) is 9.78. The van der Waals surface area contributed by atoms with Gasteiger partial charge in [-0.05, 0) is 42.7 Å². The first-order valence-corrected chi connectivity index (χ1v) is 9.94. The molecule has 2 N–H and O–H groups in total. The lowest BCUT2D eigenvalue weighted by molar-refractivity contribution is 0.0715. The summed E-state index contributed by atoms with van der Waals surface area (Å²) in [6.07, 6.45) is 3.53. The molecule has 1 aliphatic heterocycles. The summed E-state index contributed by atoms with van der Waals surface area (Å²) < 4.78 is 7.10. The largest absolute Gasteiger partial charge is 0.497 e. The van der Waals surface area contributed by atoms with Gasteiger partial charge in [0.25, 0.3) is 5.91 Å². The number of nitrogens with zero attached hydrogens (tertiary/aromatic N) is 3. The van der Waals surface area contributed by atoms with Crippen molar-refractivity contribution in [3.05, 3.63) is 71.9 Å². The zero-order valence-corrected chi connectivity index (χ0v) is 17.8. The van der Waals surface area contributed by atoms with Gasteiger partial charge in [-0.3, -0.25) is 9.48 Å². The fourth-order valence-corrected chi connectivity index (χ4v) is 3.66. The van der Waals surface area contributed by atoms with Gasteiger partial charge in [-0.25, -0.2) is 0 Å². The number of hydrogen-bond acceptors (Lipinski definition) is 4. The summed E-state index contributed by atoms with van der Waals surface area (Å²) in [4.78, 5) is 15.2. The summed E-state index contributed by atoms with van der Waals surface area (Å²) in [5, 5.41) is 4.77. The van der Waals surface area contributed by atoms with Gasteiger partial charge in [0.1, 0.15) is 11.4 Å². The van der Waals surface area contributed by atoms with Gasteiger partial charge < -0.3 is 15.4 Å². The number of likely N-dealkylation sites (tertiary alicyclic amines) is 1. The van der Waals surface area contributed by atoms with Crippen LogP contribution in [0.25, 0.3) is 11.3 Å². The van der Waals surface area contributed by atoms with Crippen molar-refractivity contribution in [1.29, 1.82) is 0 Å². The SMILES string of the molecule is COc1ccc(-c2nn(Cc3ccccc3)cc2C(=O)N2CCC(N)CC2)cc1.Cl. The fourth-order valence-electron chi connectivity index (χ4n) is 3.66. The van der Waals surface area contributed by atoms with E-state index >= 15 is 0 Å². The van der Waals surface area contributed by atoms with Gasteiger partial charge in [-0.1, -0.05) is 30.3 Å². The van der Waals surface area contributed by atoms with E-state index in [1.165, 1.54) is 0 Å².